The first kappa shape index (κ1) is 21.2. The molecule has 0 amide bonds. The minimum atomic E-state index is -3.13. The van der Waals surface area contributed by atoms with Gasteiger partial charge in [-0.1, -0.05) is 6.42 Å². The Labute approximate surface area is 148 Å². The van der Waals surface area contributed by atoms with E-state index >= 15 is 0 Å². The third-order valence-corrected chi connectivity index (χ3v) is 7.02. The minimum absolute atomic E-state index is 0.00905. The van der Waals surface area contributed by atoms with Crippen molar-refractivity contribution in [1.82, 2.24) is 15.5 Å². The van der Waals surface area contributed by atoms with Crippen LogP contribution in [0.4, 0.5) is 0 Å². The van der Waals surface area contributed by atoms with Crippen LogP contribution in [0.15, 0.2) is 4.99 Å². The topological polar surface area (TPSA) is 73.8 Å². The Morgan fingerprint density at radius 3 is 2.17 bits per heavy atom. The molecule has 1 aliphatic heterocycles. The highest BCUT2D eigenvalue weighted by Crippen LogP contribution is 2.20. The summed E-state index contributed by atoms with van der Waals surface area (Å²) in [5, 5.41) is 6.39. The molecule has 0 unspecified atom stereocenters. The molecule has 0 bridgehead atoms. The monoisotopic (exact) mass is 360 g/mol. The van der Waals surface area contributed by atoms with Gasteiger partial charge in [0.1, 0.15) is 0 Å². The molecule has 0 spiro atoms. The third kappa shape index (κ3) is 6.24. The van der Waals surface area contributed by atoms with Crippen molar-refractivity contribution in [1.29, 1.82) is 0 Å². The number of hydrogen-bond acceptors (Lipinski definition) is 4. The molecule has 1 fully saturated rings. The van der Waals surface area contributed by atoms with Gasteiger partial charge in [0.05, 0.1) is 11.3 Å². The van der Waals surface area contributed by atoms with Gasteiger partial charge in [-0.05, 0) is 60.5 Å². The first-order valence-electron chi connectivity index (χ1n) is 8.96. The summed E-state index contributed by atoms with van der Waals surface area (Å²) in [6.45, 7) is 14.0. The Morgan fingerprint density at radius 2 is 1.67 bits per heavy atom. The number of piperidine rings is 1. The smallest absolute Gasteiger partial charge is 0.191 e. The van der Waals surface area contributed by atoms with Crippen molar-refractivity contribution < 1.29 is 8.42 Å². The molecule has 0 aromatic carbocycles. The predicted molar refractivity (Wildman–Crippen MR) is 102 cm³/mol. The van der Waals surface area contributed by atoms with E-state index in [4.69, 9.17) is 4.99 Å². The Hall–Kier alpha value is -0.820. The first-order chi connectivity index (χ1) is 11.0. The summed E-state index contributed by atoms with van der Waals surface area (Å²) >= 11 is 0. The van der Waals surface area contributed by atoms with Crippen molar-refractivity contribution in [2.24, 2.45) is 4.99 Å². The molecule has 7 heteroatoms. The van der Waals surface area contributed by atoms with Crippen molar-refractivity contribution in [3.05, 3.63) is 0 Å². The lowest BCUT2D eigenvalue weighted by atomic mass is 9.99. The highest BCUT2D eigenvalue weighted by molar-refractivity contribution is 7.92. The molecule has 6 nitrogen and oxygen atoms in total. The molecule has 0 aromatic rings. The second kappa shape index (κ2) is 8.52. The van der Waals surface area contributed by atoms with E-state index in [1.54, 1.807) is 13.8 Å². The second-order valence-electron chi connectivity index (χ2n) is 7.94. The number of sulfone groups is 1. The molecule has 1 aliphatic rings. The molecule has 0 saturated carbocycles. The van der Waals surface area contributed by atoms with Crippen LogP contribution in [0.2, 0.25) is 0 Å². The van der Waals surface area contributed by atoms with E-state index in [0.717, 1.165) is 19.6 Å². The van der Waals surface area contributed by atoms with Gasteiger partial charge < -0.3 is 10.6 Å². The number of likely N-dealkylation sites (tertiary alicyclic amines) is 1. The Bertz CT molecular complexity index is 521. The largest absolute Gasteiger partial charge is 0.357 e. The molecule has 0 aromatic heterocycles. The van der Waals surface area contributed by atoms with Gasteiger partial charge in [0, 0.05) is 24.9 Å². The van der Waals surface area contributed by atoms with Gasteiger partial charge in [0.25, 0.3) is 0 Å². The maximum atomic E-state index is 11.8. The maximum Gasteiger partial charge on any atom is 0.191 e. The van der Waals surface area contributed by atoms with Crippen LogP contribution in [0.3, 0.4) is 0 Å². The lowest BCUT2D eigenvalue weighted by molar-refractivity contribution is 0.102. The van der Waals surface area contributed by atoms with Crippen LogP contribution in [-0.2, 0) is 9.84 Å². The van der Waals surface area contributed by atoms with Crippen LogP contribution in [-0.4, -0.2) is 68.5 Å². The molecule has 2 N–H and O–H groups in total. The SMILES string of the molecule is CCNC(=NCC(C)(C)N1CCCCC1)NCC(C)(C)S(C)(=O)=O. The molecular weight excluding hydrogens is 324 g/mol. The summed E-state index contributed by atoms with van der Waals surface area (Å²) in [4.78, 5) is 7.21. The van der Waals surface area contributed by atoms with Gasteiger partial charge in [0.2, 0.25) is 0 Å². The Morgan fingerprint density at radius 1 is 1.08 bits per heavy atom. The van der Waals surface area contributed by atoms with Crippen molar-refractivity contribution in [2.75, 3.05) is 39.0 Å². The molecule has 0 aliphatic carbocycles. The molecule has 24 heavy (non-hydrogen) atoms. The average molecular weight is 361 g/mol. The summed E-state index contributed by atoms with van der Waals surface area (Å²) in [5.74, 6) is 0.680. The highest BCUT2D eigenvalue weighted by Gasteiger charge is 2.31. The van der Waals surface area contributed by atoms with E-state index in [1.165, 1.54) is 25.5 Å². The van der Waals surface area contributed by atoms with E-state index < -0.39 is 14.6 Å². The zero-order valence-corrected chi connectivity index (χ0v) is 17.1. The van der Waals surface area contributed by atoms with Gasteiger partial charge in [-0.3, -0.25) is 9.89 Å². The lowest BCUT2D eigenvalue weighted by Gasteiger charge is -2.40. The Kier molecular flexibility index (Phi) is 7.53. The van der Waals surface area contributed by atoms with Gasteiger partial charge in [-0.2, -0.15) is 0 Å². The number of guanidine groups is 1. The zero-order chi connectivity index (χ0) is 18.4. The summed E-state index contributed by atoms with van der Waals surface area (Å²) in [5.41, 5.74) is 0.00905. The predicted octanol–water partition coefficient (Wildman–Crippen LogP) is 1.63. The van der Waals surface area contributed by atoms with Crippen molar-refractivity contribution >= 4 is 15.8 Å². The van der Waals surface area contributed by atoms with Crippen molar-refractivity contribution in [2.45, 2.75) is 64.2 Å². The summed E-state index contributed by atoms with van der Waals surface area (Å²) in [6, 6.07) is 0. The lowest BCUT2D eigenvalue weighted by Crippen LogP contribution is -2.51. The van der Waals surface area contributed by atoms with Gasteiger partial charge in [-0.15, -0.1) is 0 Å². The van der Waals surface area contributed by atoms with Crippen LogP contribution < -0.4 is 10.6 Å². The van der Waals surface area contributed by atoms with E-state index in [1.807, 2.05) is 6.92 Å². The molecule has 1 rings (SSSR count). The third-order valence-electron chi connectivity index (χ3n) is 4.87. The van der Waals surface area contributed by atoms with Crippen LogP contribution in [0.25, 0.3) is 0 Å². The second-order valence-corrected chi connectivity index (χ2v) is 10.6. The van der Waals surface area contributed by atoms with Crippen LogP contribution >= 0.6 is 0 Å². The van der Waals surface area contributed by atoms with E-state index in [-0.39, 0.29) is 5.54 Å². The first-order valence-corrected chi connectivity index (χ1v) is 10.9. The number of aliphatic imine (C=N–C) groups is 1. The van der Waals surface area contributed by atoms with Crippen molar-refractivity contribution in [3.8, 4) is 0 Å². The summed E-state index contributed by atoms with van der Waals surface area (Å²) in [6.07, 6.45) is 5.11. The Balaban J connectivity index is 2.71. The standard InChI is InChI=1S/C17H36N4O2S/c1-7-18-15(20-14-17(4,5)24(6,22)23)19-13-16(2,3)21-11-9-8-10-12-21/h7-14H2,1-6H3,(H2,18,19,20). The van der Waals surface area contributed by atoms with Crippen molar-refractivity contribution in [3.63, 3.8) is 0 Å². The van der Waals surface area contributed by atoms with Gasteiger partial charge >= 0.3 is 0 Å². The van der Waals surface area contributed by atoms with E-state index in [2.05, 4.69) is 29.4 Å². The molecule has 0 atom stereocenters. The number of hydrogen-bond donors (Lipinski definition) is 2. The molecular formula is C17H36N4O2S. The van der Waals surface area contributed by atoms with Crippen LogP contribution in [0.1, 0.15) is 53.9 Å². The zero-order valence-electron chi connectivity index (χ0n) is 16.3. The fourth-order valence-corrected chi connectivity index (χ4v) is 2.98. The molecule has 0 radical (unpaired) electrons. The molecule has 1 heterocycles. The minimum Gasteiger partial charge on any atom is -0.357 e. The maximum absolute atomic E-state index is 11.8. The quantitative estimate of drug-likeness (QED) is 0.533. The van der Waals surface area contributed by atoms with Gasteiger partial charge in [0.15, 0.2) is 15.8 Å². The fraction of sp³-hybridized carbons (Fsp3) is 0.941. The number of rotatable bonds is 7. The van der Waals surface area contributed by atoms with E-state index in [0.29, 0.717) is 19.0 Å². The van der Waals surface area contributed by atoms with Gasteiger partial charge in [-0.25, -0.2) is 8.42 Å². The number of nitrogens with zero attached hydrogens (tertiary/aromatic N) is 2. The number of nitrogens with one attached hydrogen (secondary N) is 2. The molecule has 142 valence electrons. The highest BCUT2D eigenvalue weighted by atomic mass is 32.2. The summed E-state index contributed by atoms with van der Waals surface area (Å²) < 4.78 is 22.9. The fourth-order valence-electron chi connectivity index (χ4n) is 2.64. The average Bonchev–Trinajstić information content (AvgIpc) is 2.50. The van der Waals surface area contributed by atoms with Crippen LogP contribution in [0, 0.1) is 0 Å². The van der Waals surface area contributed by atoms with E-state index in [9.17, 15) is 8.42 Å². The van der Waals surface area contributed by atoms with Crippen LogP contribution in [0.5, 0.6) is 0 Å². The normalized spacial score (nSPS) is 18.5. The summed E-state index contributed by atoms with van der Waals surface area (Å²) in [7, 11) is -3.13. The molecule has 1 saturated heterocycles.